The molecule has 2 amide bonds. The fraction of sp³-hybridized carbons (Fsp3) is 0.458. The topological polar surface area (TPSA) is 84.5 Å². The molecular formula is C24H29N3O2. The van der Waals surface area contributed by atoms with E-state index in [-0.39, 0.29) is 18.2 Å². The lowest BCUT2D eigenvalue weighted by atomic mass is 9.69. The Morgan fingerprint density at radius 2 is 2.00 bits per heavy atom. The molecule has 1 aromatic carbocycles. The molecule has 152 valence electrons. The Bertz CT molecular complexity index is 911. The Morgan fingerprint density at radius 1 is 1.24 bits per heavy atom. The van der Waals surface area contributed by atoms with Crippen LogP contribution in [-0.4, -0.2) is 23.1 Å². The third kappa shape index (κ3) is 3.78. The van der Waals surface area contributed by atoms with Crippen LogP contribution >= 0.6 is 0 Å². The monoisotopic (exact) mass is 391 g/mol. The molecule has 2 aliphatic carbocycles. The van der Waals surface area contributed by atoms with E-state index in [1.807, 2.05) is 18.2 Å². The summed E-state index contributed by atoms with van der Waals surface area (Å²) in [5, 5.41) is 3.02. The van der Waals surface area contributed by atoms with Crippen molar-refractivity contribution in [3.63, 3.8) is 0 Å². The molecular weight excluding hydrogens is 362 g/mol. The zero-order valence-electron chi connectivity index (χ0n) is 17.2. The second kappa shape index (κ2) is 7.62. The van der Waals surface area contributed by atoms with Gasteiger partial charge in [-0.1, -0.05) is 50.3 Å². The highest BCUT2D eigenvalue weighted by Crippen LogP contribution is 2.45. The van der Waals surface area contributed by atoms with Crippen molar-refractivity contribution < 1.29 is 9.59 Å². The number of benzene rings is 1. The number of carbonyl (C=O) groups excluding carboxylic acids is 2. The van der Waals surface area contributed by atoms with E-state index in [9.17, 15) is 9.59 Å². The van der Waals surface area contributed by atoms with Gasteiger partial charge in [0, 0.05) is 23.2 Å². The van der Waals surface area contributed by atoms with Crippen molar-refractivity contribution in [2.75, 3.05) is 0 Å². The van der Waals surface area contributed by atoms with Crippen molar-refractivity contribution in [2.45, 2.75) is 57.4 Å². The summed E-state index contributed by atoms with van der Waals surface area (Å²) in [6.45, 7) is 4.29. The highest BCUT2D eigenvalue weighted by atomic mass is 16.2. The fourth-order valence-corrected chi connectivity index (χ4v) is 4.84. The highest BCUT2D eigenvalue weighted by Gasteiger charge is 2.49. The van der Waals surface area contributed by atoms with Gasteiger partial charge in [0.15, 0.2) is 0 Å². The van der Waals surface area contributed by atoms with Crippen LogP contribution in [0.4, 0.5) is 0 Å². The molecule has 0 spiro atoms. The van der Waals surface area contributed by atoms with Crippen molar-refractivity contribution >= 4 is 17.5 Å². The minimum Gasteiger partial charge on any atom is -0.368 e. The maximum Gasteiger partial charge on any atom is 0.243 e. The molecule has 3 unspecified atom stereocenters. The van der Waals surface area contributed by atoms with Crippen molar-refractivity contribution in [2.24, 2.45) is 22.6 Å². The van der Waals surface area contributed by atoms with E-state index in [0.717, 1.165) is 23.4 Å². The summed E-state index contributed by atoms with van der Waals surface area (Å²) in [6, 6.07) is 8.09. The number of hydrogen-bond donors (Lipinski definition) is 2. The lowest BCUT2D eigenvalue weighted by molar-refractivity contribution is -0.132. The molecule has 3 aliphatic rings. The quantitative estimate of drug-likeness (QED) is 0.806. The van der Waals surface area contributed by atoms with Crippen LogP contribution in [0.3, 0.4) is 0 Å². The van der Waals surface area contributed by atoms with Gasteiger partial charge in [-0.15, -0.1) is 0 Å². The van der Waals surface area contributed by atoms with E-state index in [2.05, 4.69) is 43.4 Å². The van der Waals surface area contributed by atoms with Crippen LogP contribution in [0.2, 0.25) is 0 Å². The van der Waals surface area contributed by atoms with Gasteiger partial charge in [-0.05, 0) is 48.8 Å². The van der Waals surface area contributed by atoms with E-state index in [1.165, 1.54) is 5.56 Å². The normalized spacial score (nSPS) is 27.7. The molecule has 4 rings (SSSR count). The predicted octanol–water partition coefficient (Wildman–Crippen LogP) is 3.41. The highest BCUT2D eigenvalue weighted by molar-refractivity contribution is 5.97. The molecule has 0 saturated heterocycles. The van der Waals surface area contributed by atoms with Crippen molar-refractivity contribution in [3.05, 3.63) is 59.3 Å². The molecule has 0 bridgehead atoms. The van der Waals surface area contributed by atoms with Gasteiger partial charge in [-0.2, -0.15) is 0 Å². The third-order valence-electron chi connectivity index (χ3n) is 6.60. The smallest absolute Gasteiger partial charge is 0.243 e. The van der Waals surface area contributed by atoms with Crippen LogP contribution < -0.4 is 11.1 Å². The molecule has 1 heterocycles. The van der Waals surface area contributed by atoms with Crippen molar-refractivity contribution in [3.8, 4) is 0 Å². The van der Waals surface area contributed by atoms with Crippen molar-refractivity contribution in [1.29, 1.82) is 0 Å². The Morgan fingerprint density at radius 3 is 2.69 bits per heavy atom. The van der Waals surface area contributed by atoms with Gasteiger partial charge in [0.1, 0.15) is 5.54 Å². The summed E-state index contributed by atoms with van der Waals surface area (Å²) in [7, 11) is 0. The van der Waals surface area contributed by atoms with E-state index in [0.29, 0.717) is 31.1 Å². The maximum atomic E-state index is 12.8. The second-order valence-electron chi connectivity index (χ2n) is 8.84. The van der Waals surface area contributed by atoms with Crippen LogP contribution in [0.5, 0.6) is 0 Å². The average Bonchev–Trinajstić information content (AvgIpc) is 3.06. The summed E-state index contributed by atoms with van der Waals surface area (Å²) < 4.78 is 0. The van der Waals surface area contributed by atoms with Crippen molar-refractivity contribution in [1.82, 2.24) is 5.32 Å². The van der Waals surface area contributed by atoms with E-state index in [1.54, 1.807) is 0 Å². The third-order valence-corrected chi connectivity index (χ3v) is 6.60. The largest absolute Gasteiger partial charge is 0.368 e. The van der Waals surface area contributed by atoms with Crippen LogP contribution in [0.1, 0.15) is 56.6 Å². The Hall–Kier alpha value is -2.69. The molecule has 0 radical (unpaired) electrons. The van der Waals surface area contributed by atoms with Gasteiger partial charge in [-0.3, -0.25) is 14.6 Å². The minimum absolute atomic E-state index is 0.154. The predicted molar refractivity (Wildman–Crippen MR) is 114 cm³/mol. The molecule has 5 nitrogen and oxygen atoms in total. The lowest BCUT2D eigenvalue weighted by Gasteiger charge is -2.40. The van der Waals surface area contributed by atoms with Crippen LogP contribution in [0.15, 0.2) is 53.2 Å². The average molecular weight is 392 g/mol. The molecule has 29 heavy (non-hydrogen) atoms. The number of nitrogens with one attached hydrogen (secondary N) is 1. The number of nitrogens with two attached hydrogens (primary N) is 1. The molecule has 3 atom stereocenters. The summed E-state index contributed by atoms with van der Waals surface area (Å²) in [5.74, 6) is 0.337. The molecule has 1 saturated carbocycles. The molecule has 5 heteroatoms. The van der Waals surface area contributed by atoms with Crippen LogP contribution in [0, 0.1) is 11.8 Å². The molecule has 1 aromatic rings. The number of amides is 2. The van der Waals surface area contributed by atoms with Gasteiger partial charge < -0.3 is 11.1 Å². The maximum absolute atomic E-state index is 12.8. The first-order chi connectivity index (χ1) is 13.9. The number of primary amides is 1. The van der Waals surface area contributed by atoms with E-state index < -0.39 is 11.4 Å². The van der Waals surface area contributed by atoms with Gasteiger partial charge in [0.05, 0.1) is 6.42 Å². The van der Waals surface area contributed by atoms with Crippen LogP contribution in [0.25, 0.3) is 0 Å². The Balaban J connectivity index is 1.47. The SMILES string of the molecule is CC(C)c1ccc(CC(=O)NC2(C(N)=O)CCC3=NC4=CC=CCC4C3C2)cc1. The molecule has 3 N–H and O–H groups in total. The zero-order chi connectivity index (χ0) is 20.6. The lowest BCUT2D eigenvalue weighted by Crippen LogP contribution is -2.61. The first-order valence-electron chi connectivity index (χ1n) is 10.5. The minimum atomic E-state index is -0.991. The zero-order valence-corrected chi connectivity index (χ0v) is 17.2. The van der Waals surface area contributed by atoms with E-state index in [4.69, 9.17) is 10.7 Å². The molecule has 1 fully saturated rings. The number of allylic oxidation sites excluding steroid dienone is 4. The summed E-state index contributed by atoms with van der Waals surface area (Å²) >= 11 is 0. The summed E-state index contributed by atoms with van der Waals surface area (Å²) in [4.78, 5) is 30.1. The first kappa shape index (κ1) is 19.6. The second-order valence-corrected chi connectivity index (χ2v) is 8.84. The number of carbonyl (C=O) groups is 2. The summed E-state index contributed by atoms with van der Waals surface area (Å²) in [5.41, 5.74) is 9.27. The van der Waals surface area contributed by atoms with Gasteiger partial charge in [0.25, 0.3) is 0 Å². The van der Waals surface area contributed by atoms with Gasteiger partial charge >= 0.3 is 0 Å². The molecule has 1 aliphatic heterocycles. The molecule has 0 aromatic heterocycles. The Labute approximate surface area is 172 Å². The standard InChI is InChI=1S/C24H29N3O2/c1-15(2)17-9-7-16(8-10-17)13-22(28)27-24(23(25)29)12-11-21-19(14-24)18-5-3-4-6-20(18)26-21/h3-4,6-10,15,18-19H,5,11-14H2,1-2H3,(H2,25,29)(H,27,28). The van der Waals surface area contributed by atoms with Crippen LogP contribution in [-0.2, 0) is 16.0 Å². The number of fused-ring (bicyclic) bond motifs is 3. The number of nitrogens with zero attached hydrogens (tertiary/aromatic N) is 1. The first-order valence-corrected chi connectivity index (χ1v) is 10.5. The fourth-order valence-electron chi connectivity index (χ4n) is 4.84. The number of hydrogen-bond acceptors (Lipinski definition) is 3. The number of aliphatic imine (C=N–C) groups is 1. The number of rotatable bonds is 5. The van der Waals surface area contributed by atoms with Gasteiger partial charge in [-0.25, -0.2) is 0 Å². The van der Waals surface area contributed by atoms with E-state index >= 15 is 0 Å². The Kier molecular flexibility index (Phi) is 5.15. The van der Waals surface area contributed by atoms with Gasteiger partial charge in [0.2, 0.25) is 11.8 Å². The summed E-state index contributed by atoms with van der Waals surface area (Å²) in [6.07, 6.45) is 9.17.